The van der Waals surface area contributed by atoms with Gasteiger partial charge in [0.15, 0.2) is 5.96 Å². The van der Waals surface area contributed by atoms with Gasteiger partial charge in [0.25, 0.3) is 0 Å². The number of thiazole rings is 1. The summed E-state index contributed by atoms with van der Waals surface area (Å²) >= 11 is 1.69. The average molecular weight is 296 g/mol. The van der Waals surface area contributed by atoms with E-state index in [1.807, 2.05) is 6.92 Å². The van der Waals surface area contributed by atoms with E-state index in [1.165, 1.54) is 0 Å². The summed E-state index contributed by atoms with van der Waals surface area (Å²) in [5.74, 6) is 0.936. The predicted octanol–water partition coefficient (Wildman–Crippen LogP) is 1.89. The zero-order valence-corrected chi connectivity index (χ0v) is 13.6. The standard InChI is InChI=1S/C14H24N4OS/c1-5-15-13(16-8-14(3)9-19-10-14)18(4)6-12-7-20-11(2)17-12/h7H,5-6,8-10H2,1-4H3,(H,15,16). The van der Waals surface area contributed by atoms with E-state index in [-0.39, 0.29) is 5.41 Å². The Morgan fingerprint density at radius 1 is 1.60 bits per heavy atom. The number of nitrogens with zero attached hydrogens (tertiary/aromatic N) is 3. The molecule has 0 radical (unpaired) electrons. The number of ether oxygens (including phenoxy) is 1. The van der Waals surface area contributed by atoms with Crippen LogP contribution in [0.15, 0.2) is 10.4 Å². The molecule has 0 unspecified atom stereocenters. The van der Waals surface area contributed by atoms with Crippen molar-refractivity contribution < 1.29 is 4.74 Å². The van der Waals surface area contributed by atoms with Crippen molar-refractivity contribution in [3.63, 3.8) is 0 Å². The first-order valence-electron chi connectivity index (χ1n) is 7.00. The molecule has 0 aromatic carbocycles. The molecule has 2 heterocycles. The normalized spacial score (nSPS) is 17.7. The molecule has 2 rings (SSSR count). The summed E-state index contributed by atoms with van der Waals surface area (Å²) in [5.41, 5.74) is 1.30. The van der Waals surface area contributed by atoms with Crippen molar-refractivity contribution in [1.29, 1.82) is 0 Å². The van der Waals surface area contributed by atoms with Crippen molar-refractivity contribution in [3.8, 4) is 0 Å². The fourth-order valence-corrected chi connectivity index (χ4v) is 2.68. The molecule has 1 aromatic heterocycles. The minimum absolute atomic E-state index is 0.207. The average Bonchev–Trinajstić information content (AvgIpc) is 2.77. The van der Waals surface area contributed by atoms with Gasteiger partial charge >= 0.3 is 0 Å². The smallest absolute Gasteiger partial charge is 0.194 e. The maximum Gasteiger partial charge on any atom is 0.194 e. The van der Waals surface area contributed by atoms with Crippen LogP contribution in [0.5, 0.6) is 0 Å². The first-order valence-corrected chi connectivity index (χ1v) is 7.88. The molecule has 20 heavy (non-hydrogen) atoms. The van der Waals surface area contributed by atoms with Crippen molar-refractivity contribution in [2.75, 3.05) is 33.4 Å². The molecule has 112 valence electrons. The zero-order valence-electron chi connectivity index (χ0n) is 12.8. The fraction of sp³-hybridized carbons (Fsp3) is 0.714. The molecule has 6 heteroatoms. The van der Waals surface area contributed by atoms with Crippen molar-refractivity contribution in [1.82, 2.24) is 15.2 Å². The van der Waals surface area contributed by atoms with Gasteiger partial charge in [0.05, 0.1) is 37.0 Å². The first-order chi connectivity index (χ1) is 9.52. The molecule has 0 atom stereocenters. The number of nitrogens with one attached hydrogen (secondary N) is 1. The molecule has 1 fully saturated rings. The van der Waals surface area contributed by atoms with Crippen molar-refractivity contribution >= 4 is 17.3 Å². The molecule has 0 saturated carbocycles. The second kappa shape index (κ2) is 6.54. The Morgan fingerprint density at radius 3 is 2.85 bits per heavy atom. The minimum atomic E-state index is 0.207. The van der Waals surface area contributed by atoms with Crippen LogP contribution in [0.2, 0.25) is 0 Å². The lowest BCUT2D eigenvalue weighted by Gasteiger charge is -2.37. The van der Waals surface area contributed by atoms with Crippen LogP contribution in [-0.4, -0.2) is 49.2 Å². The van der Waals surface area contributed by atoms with E-state index in [4.69, 9.17) is 9.73 Å². The Balaban J connectivity index is 1.97. The number of aromatic nitrogens is 1. The Hall–Kier alpha value is -1.14. The number of rotatable bonds is 5. The Kier molecular flexibility index (Phi) is 4.99. The van der Waals surface area contributed by atoms with Crippen LogP contribution in [0, 0.1) is 12.3 Å². The summed E-state index contributed by atoms with van der Waals surface area (Å²) in [5, 5.41) is 6.55. The van der Waals surface area contributed by atoms with E-state index in [2.05, 4.69) is 41.5 Å². The molecule has 0 amide bonds. The topological polar surface area (TPSA) is 49.8 Å². The highest BCUT2D eigenvalue weighted by atomic mass is 32.1. The van der Waals surface area contributed by atoms with Gasteiger partial charge in [-0.05, 0) is 13.8 Å². The van der Waals surface area contributed by atoms with Gasteiger partial charge < -0.3 is 15.0 Å². The molecule has 1 aromatic rings. The molecule has 0 aliphatic carbocycles. The second-order valence-corrected chi connectivity index (χ2v) is 6.75. The van der Waals surface area contributed by atoms with Crippen molar-refractivity contribution in [2.24, 2.45) is 10.4 Å². The van der Waals surface area contributed by atoms with E-state index in [0.29, 0.717) is 0 Å². The Morgan fingerprint density at radius 2 is 2.35 bits per heavy atom. The maximum absolute atomic E-state index is 5.28. The SMILES string of the molecule is CCNC(=NCC1(C)COC1)N(C)Cc1csc(C)n1. The summed E-state index contributed by atoms with van der Waals surface area (Å²) in [6, 6.07) is 0. The van der Waals surface area contributed by atoms with E-state index in [9.17, 15) is 0 Å². The largest absolute Gasteiger partial charge is 0.380 e. The van der Waals surface area contributed by atoms with Crippen LogP contribution >= 0.6 is 11.3 Å². The molecule has 0 spiro atoms. The van der Waals surface area contributed by atoms with Crippen LogP contribution in [0.3, 0.4) is 0 Å². The third-order valence-electron chi connectivity index (χ3n) is 3.27. The van der Waals surface area contributed by atoms with Crippen LogP contribution in [0.1, 0.15) is 24.5 Å². The number of guanidine groups is 1. The van der Waals surface area contributed by atoms with Gasteiger partial charge in [0, 0.05) is 24.4 Å². The molecule has 1 aliphatic heterocycles. The molecule has 1 N–H and O–H groups in total. The lowest BCUT2D eigenvalue weighted by molar-refractivity contribution is -0.0946. The molecular formula is C14H24N4OS. The summed E-state index contributed by atoms with van der Waals surface area (Å²) in [6.45, 7) is 10.4. The van der Waals surface area contributed by atoms with Gasteiger partial charge in [-0.2, -0.15) is 0 Å². The summed E-state index contributed by atoms with van der Waals surface area (Å²) in [4.78, 5) is 11.4. The summed E-state index contributed by atoms with van der Waals surface area (Å²) in [6.07, 6.45) is 0. The van der Waals surface area contributed by atoms with E-state index in [0.717, 1.165) is 49.5 Å². The minimum Gasteiger partial charge on any atom is -0.380 e. The van der Waals surface area contributed by atoms with Gasteiger partial charge in [-0.1, -0.05) is 6.92 Å². The third kappa shape index (κ3) is 3.93. The van der Waals surface area contributed by atoms with Gasteiger partial charge in [-0.15, -0.1) is 11.3 Å². The number of hydrogen-bond acceptors (Lipinski definition) is 4. The van der Waals surface area contributed by atoms with Gasteiger partial charge in [0.2, 0.25) is 0 Å². The highest BCUT2D eigenvalue weighted by molar-refractivity contribution is 7.09. The van der Waals surface area contributed by atoms with Crippen LogP contribution in [-0.2, 0) is 11.3 Å². The monoisotopic (exact) mass is 296 g/mol. The lowest BCUT2D eigenvalue weighted by atomic mass is 9.89. The second-order valence-electron chi connectivity index (χ2n) is 5.69. The highest BCUT2D eigenvalue weighted by Crippen LogP contribution is 2.26. The van der Waals surface area contributed by atoms with E-state index >= 15 is 0 Å². The maximum atomic E-state index is 5.28. The number of aliphatic imine (C=N–C) groups is 1. The van der Waals surface area contributed by atoms with Gasteiger partial charge in [0.1, 0.15) is 0 Å². The highest BCUT2D eigenvalue weighted by Gasteiger charge is 2.33. The van der Waals surface area contributed by atoms with Crippen LogP contribution in [0.25, 0.3) is 0 Å². The van der Waals surface area contributed by atoms with Crippen molar-refractivity contribution in [3.05, 3.63) is 16.1 Å². The molecule has 1 aliphatic rings. The Bertz CT molecular complexity index is 467. The van der Waals surface area contributed by atoms with Crippen LogP contribution in [0.4, 0.5) is 0 Å². The van der Waals surface area contributed by atoms with Crippen molar-refractivity contribution in [2.45, 2.75) is 27.3 Å². The Labute approximate surface area is 125 Å². The quantitative estimate of drug-likeness (QED) is 0.666. The third-order valence-corrected chi connectivity index (χ3v) is 4.10. The van der Waals surface area contributed by atoms with E-state index in [1.54, 1.807) is 11.3 Å². The molecule has 0 bridgehead atoms. The molecule has 5 nitrogen and oxygen atoms in total. The lowest BCUT2D eigenvalue weighted by Crippen LogP contribution is -2.44. The first kappa shape index (κ1) is 15.3. The summed E-state index contributed by atoms with van der Waals surface area (Å²) < 4.78 is 5.28. The number of aryl methyl sites for hydroxylation is 1. The fourth-order valence-electron chi connectivity index (χ4n) is 2.08. The number of hydrogen-bond donors (Lipinski definition) is 1. The summed E-state index contributed by atoms with van der Waals surface area (Å²) in [7, 11) is 2.05. The van der Waals surface area contributed by atoms with E-state index < -0.39 is 0 Å². The van der Waals surface area contributed by atoms with Crippen LogP contribution < -0.4 is 5.32 Å². The molecule has 1 saturated heterocycles. The van der Waals surface area contributed by atoms with Gasteiger partial charge in [-0.25, -0.2) is 4.98 Å². The molecular weight excluding hydrogens is 272 g/mol. The van der Waals surface area contributed by atoms with Gasteiger partial charge in [-0.3, -0.25) is 4.99 Å². The predicted molar refractivity (Wildman–Crippen MR) is 83.2 cm³/mol. The zero-order chi connectivity index (χ0) is 14.6.